The van der Waals surface area contributed by atoms with E-state index >= 15 is 0 Å². The Hall–Kier alpha value is -1.80. The van der Waals surface area contributed by atoms with Crippen molar-refractivity contribution in [1.82, 2.24) is 4.72 Å². The third-order valence-electron chi connectivity index (χ3n) is 2.35. The van der Waals surface area contributed by atoms with E-state index in [0.717, 1.165) is 4.31 Å². The number of carboxylic acid groups (broad SMARTS) is 1. The molecule has 19 heavy (non-hydrogen) atoms. The highest BCUT2D eigenvalue weighted by Gasteiger charge is 2.23. The van der Waals surface area contributed by atoms with E-state index in [9.17, 15) is 13.2 Å². The van der Waals surface area contributed by atoms with Crippen molar-refractivity contribution in [2.45, 2.75) is 13.3 Å². The summed E-state index contributed by atoms with van der Waals surface area (Å²) >= 11 is 0. The van der Waals surface area contributed by atoms with Gasteiger partial charge in [-0.3, -0.25) is 9.10 Å². The first-order valence-corrected chi connectivity index (χ1v) is 7.16. The molecule has 1 aromatic carbocycles. The van der Waals surface area contributed by atoms with Crippen LogP contribution in [-0.4, -0.2) is 32.6 Å². The van der Waals surface area contributed by atoms with E-state index in [4.69, 9.17) is 10.8 Å². The maximum Gasteiger partial charge on any atom is 0.305 e. The van der Waals surface area contributed by atoms with Crippen molar-refractivity contribution in [1.29, 1.82) is 0 Å². The molecule has 0 spiro atoms. The highest BCUT2D eigenvalue weighted by molar-refractivity contribution is 7.90. The van der Waals surface area contributed by atoms with E-state index in [-0.39, 0.29) is 30.9 Å². The van der Waals surface area contributed by atoms with Gasteiger partial charge in [-0.05, 0) is 12.1 Å². The van der Waals surface area contributed by atoms with Gasteiger partial charge in [-0.1, -0.05) is 19.1 Å². The van der Waals surface area contributed by atoms with Crippen LogP contribution in [0.15, 0.2) is 24.3 Å². The van der Waals surface area contributed by atoms with Crippen LogP contribution in [0.1, 0.15) is 13.3 Å². The number of carboxylic acids is 1. The highest BCUT2D eigenvalue weighted by Crippen LogP contribution is 2.24. The molecule has 0 aromatic heterocycles. The van der Waals surface area contributed by atoms with E-state index < -0.39 is 16.2 Å². The van der Waals surface area contributed by atoms with Gasteiger partial charge >= 0.3 is 16.2 Å². The molecule has 0 heterocycles. The predicted octanol–water partition coefficient (Wildman–Crippen LogP) is 0.404. The smallest absolute Gasteiger partial charge is 0.305 e. The Morgan fingerprint density at radius 1 is 1.42 bits per heavy atom. The summed E-state index contributed by atoms with van der Waals surface area (Å²) in [5, 5.41) is 8.70. The van der Waals surface area contributed by atoms with Crippen LogP contribution in [0.2, 0.25) is 0 Å². The number of nitrogens with two attached hydrogens (primary N) is 1. The lowest BCUT2D eigenvalue weighted by molar-refractivity contribution is -0.136. The second kappa shape index (κ2) is 6.39. The topological polar surface area (TPSA) is 113 Å². The van der Waals surface area contributed by atoms with Crippen molar-refractivity contribution in [2.24, 2.45) is 0 Å². The Kier molecular flexibility index (Phi) is 5.13. The number of carbonyl (C=O) groups is 1. The van der Waals surface area contributed by atoms with Crippen LogP contribution in [-0.2, 0) is 15.0 Å². The number of nitrogens with one attached hydrogen (secondary N) is 1. The van der Waals surface area contributed by atoms with Gasteiger partial charge in [0.05, 0.1) is 17.8 Å². The molecule has 0 unspecified atom stereocenters. The molecule has 0 atom stereocenters. The van der Waals surface area contributed by atoms with Gasteiger partial charge in [-0.2, -0.15) is 13.1 Å². The maximum atomic E-state index is 12.1. The Morgan fingerprint density at radius 3 is 2.58 bits per heavy atom. The zero-order valence-corrected chi connectivity index (χ0v) is 11.4. The highest BCUT2D eigenvalue weighted by atomic mass is 32.2. The van der Waals surface area contributed by atoms with Crippen LogP contribution in [0, 0.1) is 0 Å². The summed E-state index contributed by atoms with van der Waals surface area (Å²) in [4.78, 5) is 10.6. The molecule has 0 aliphatic carbocycles. The van der Waals surface area contributed by atoms with Crippen LogP contribution in [0.3, 0.4) is 0 Å². The number of anilines is 2. The van der Waals surface area contributed by atoms with E-state index in [1.807, 2.05) is 0 Å². The molecule has 7 nitrogen and oxygen atoms in total. The molecule has 0 aliphatic heterocycles. The first kappa shape index (κ1) is 15.3. The van der Waals surface area contributed by atoms with E-state index in [0.29, 0.717) is 0 Å². The molecule has 0 aliphatic rings. The fourth-order valence-electron chi connectivity index (χ4n) is 1.54. The average Bonchev–Trinajstić information content (AvgIpc) is 2.30. The predicted molar refractivity (Wildman–Crippen MR) is 73.0 cm³/mol. The number of benzene rings is 1. The SMILES string of the molecule is CCNS(=O)(=O)N(CCC(=O)O)c1ccccc1N. The Labute approximate surface area is 112 Å². The van der Waals surface area contributed by atoms with E-state index in [1.54, 1.807) is 25.1 Å². The maximum absolute atomic E-state index is 12.1. The van der Waals surface area contributed by atoms with Gasteiger partial charge in [-0.25, -0.2) is 0 Å². The molecule has 0 fully saturated rings. The average molecular weight is 287 g/mol. The molecular formula is C11H17N3O4S. The molecule has 0 radical (unpaired) electrons. The Morgan fingerprint density at radius 2 is 2.05 bits per heavy atom. The lowest BCUT2D eigenvalue weighted by atomic mass is 10.2. The van der Waals surface area contributed by atoms with Crippen molar-refractivity contribution >= 4 is 27.6 Å². The second-order valence-corrected chi connectivity index (χ2v) is 5.46. The minimum atomic E-state index is -3.80. The number of para-hydroxylation sites is 2. The molecule has 8 heteroatoms. The fourth-order valence-corrected chi connectivity index (χ4v) is 2.82. The first-order chi connectivity index (χ1) is 8.88. The summed E-state index contributed by atoms with van der Waals surface area (Å²) < 4.78 is 27.4. The monoisotopic (exact) mass is 287 g/mol. The number of nitrogens with zero attached hydrogens (tertiary/aromatic N) is 1. The van der Waals surface area contributed by atoms with Crippen LogP contribution < -0.4 is 14.8 Å². The summed E-state index contributed by atoms with van der Waals surface area (Å²) in [7, 11) is -3.80. The van der Waals surface area contributed by atoms with Gasteiger partial charge in [0, 0.05) is 13.1 Å². The van der Waals surface area contributed by atoms with Crippen LogP contribution >= 0.6 is 0 Å². The number of rotatable bonds is 7. The summed E-state index contributed by atoms with van der Waals surface area (Å²) in [6.45, 7) is 1.67. The van der Waals surface area contributed by atoms with Crippen LogP contribution in [0.25, 0.3) is 0 Å². The Balaban J connectivity index is 3.13. The van der Waals surface area contributed by atoms with Gasteiger partial charge in [0.2, 0.25) is 0 Å². The molecular weight excluding hydrogens is 270 g/mol. The second-order valence-electron chi connectivity index (χ2n) is 3.78. The summed E-state index contributed by atoms with van der Waals surface area (Å²) in [5.74, 6) is -1.08. The van der Waals surface area contributed by atoms with Gasteiger partial charge in [-0.15, -0.1) is 0 Å². The zero-order chi connectivity index (χ0) is 14.5. The van der Waals surface area contributed by atoms with Crippen molar-refractivity contribution in [2.75, 3.05) is 23.1 Å². The van der Waals surface area contributed by atoms with Crippen molar-refractivity contribution in [3.8, 4) is 0 Å². The molecule has 1 aromatic rings. The minimum Gasteiger partial charge on any atom is -0.481 e. The van der Waals surface area contributed by atoms with E-state index in [2.05, 4.69) is 4.72 Å². The molecule has 0 amide bonds. The van der Waals surface area contributed by atoms with Gasteiger partial charge < -0.3 is 10.8 Å². The largest absolute Gasteiger partial charge is 0.481 e. The molecule has 0 bridgehead atoms. The minimum absolute atomic E-state index is 0.182. The van der Waals surface area contributed by atoms with Crippen LogP contribution in [0.4, 0.5) is 11.4 Å². The van der Waals surface area contributed by atoms with Crippen molar-refractivity contribution in [3.05, 3.63) is 24.3 Å². The van der Waals surface area contributed by atoms with Crippen molar-refractivity contribution in [3.63, 3.8) is 0 Å². The standard InChI is InChI=1S/C11H17N3O4S/c1-2-13-19(17,18)14(8-7-11(15)16)10-6-4-3-5-9(10)12/h3-6,13H,2,7-8,12H2,1H3,(H,15,16). The quantitative estimate of drug-likeness (QED) is 0.628. The molecule has 1 rings (SSSR count). The van der Waals surface area contributed by atoms with Crippen molar-refractivity contribution < 1.29 is 18.3 Å². The first-order valence-electron chi connectivity index (χ1n) is 5.72. The number of hydrogen-bond acceptors (Lipinski definition) is 4. The van der Waals surface area contributed by atoms with Gasteiger partial charge in [0.25, 0.3) is 0 Å². The number of hydrogen-bond donors (Lipinski definition) is 3. The molecule has 0 saturated carbocycles. The lowest BCUT2D eigenvalue weighted by Crippen LogP contribution is -2.42. The van der Waals surface area contributed by atoms with Gasteiger partial charge in [0.1, 0.15) is 0 Å². The molecule has 106 valence electrons. The summed E-state index contributed by atoms with van der Waals surface area (Å²) in [6, 6.07) is 6.41. The fraction of sp³-hybridized carbons (Fsp3) is 0.364. The summed E-state index contributed by atoms with van der Waals surface area (Å²) in [6.07, 6.45) is -0.307. The lowest BCUT2D eigenvalue weighted by Gasteiger charge is -2.24. The molecule has 0 saturated heterocycles. The molecule has 4 N–H and O–H groups in total. The van der Waals surface area contributed by atoms with Crippen LogP contribution in [0.5, 0.6) is 0 Å². The third kappa shape index (κ3) is 4.11. The van der Waals surface area contributed by atoms with Gasteiger partial charge in [0.15, 0.2) is 0 Å². The Bertz CT molecular complexity index is 545. The normalized spacial score (nSPS) is 11.2. The van der Waals surface area contributed by atoms with E-state index in [1.165, 1.54) is 6.07 Å². The summed E-state index contributed by atoms with van der Waals surface area (Å²) in [5.41, 5.74) is 6.28. The zero-order valence-electron chi connectivity index (χ0n) is 10.5. The third-order valence-corrected chi connectivity index (χ3v) is 3.96. The number of aliphatic carboxylic acids is 1. The number of nitrogen functional groups attached to an aromatic ring is 1.